The summed E-state index contributed by atoms with van der Waals surface area (Å²) in [7, 11) is 0. The van der Waals surface area contributed by atoms with E-state index >= 15 is 0 Å². The summed E-state index contributed by atoms with van der Waals surface area (Å²) < 4.78 is 0. The van der Waals surface area contributed by atoms with E-state index in [9.17, 15) is 9.59 Å². The molecular weight excluding hydrogens is 320 g/mol. The van der Waals surface area contributed by atoms with Gasteiger partial charge >= 0.3 is 0 Å². The molecule has 4 aromatic rings. The van der Waals surface area contributed by atoms with E-state index in [1.54, 1.807) is 0 Å². The average molecular weight is 344 g/mol. The molecule has 2 nitrogen and oxygen atoms in total. The Balaban J connectivity index is 2.36. The summed E-state index contributed by atoms with van der Waals surface area (Å²) in [4.78, 5) is 26.2. The van der Waals surface area contributed by atoms with Gasteiger partial charge in [0.05, 0.1) is 0 Å². The van der Waals surface area contributed by atoms with Crippen molar-refractivity contribution in [1.29, 1.82) is 0 Å². The highest BCUT2D eigenvalue weighted by Gasteiger charge is 2.25. The molecule has 0 N–H and O–H groups in total. The molecule has 132 valence electrons. The van der Waals surface area contributed by atoms with Crippen molar-refractivity contribution in [3.63, 3.8) is 0 Å². The molecule has 0 saturated heterocycles. The predicted molar refractivity (Wildman–Crippen MR) is 111 cm³/mol. The lowest BCUT2D eigenvalue weighted by atomic mass is 9.79. The van der Waals surface area contributed by atoms with Gasteiger partial charge in [-0.1, -0.05) is 71.9 Å². The zero-order valence-corrected chi connectivity index (χ0v) is 16.3. The largest absolute Gasteiger partial charge is 0.285 e. The molecule has 2 heteroatoms. The van der Waals surface area contributed by atoms with E-state index in [0.29, 0.717) is 10.8 Å². The molecule has 0 radical (unpaired) electrons. The molecule has 0 aliphatic rings. The lowest BCUT2D eigenvalue weighted by molar-refractivity contribution is 0.591. The Labute approximate surface area is 153 Å². The van der Waals surface area contributed by atoms with Crippen LogP contribution in [-0.2, 0) is 10.8 Å². The van der Waals surface area contributed by atoms with Crippen molar-refractivity contribution < 1.29 is 0 Å². The summed E-state index contributed by atoms with van der Waals surface area (Å²) in [5.41, 5.74) is 0.989. The fourth-order valence-corrected chi connectivity index (χ4v) is 3.99. The van der Waals surface area contributed by atoms with Gasteiger partial charge in [0.25, 0.3) is 0 Å². The van der Waals surface area contributed by atoms with Crippen molar-refractivity contribution >= 4 is 32.3 Å². The van der Waals surface area contributed by atoms with Crippen molar-refractivity contribution in [3.8, 4) is 0 Å². The van der Waals surface area contributed by atoms with Gasteiger partial charge < -0.3 is 0 Å². The summed E-state index contributed by atoms with van der Waals surface area (Å²) in [6, 6.07) is 12.3. The Morgan fingerprint density at radius 1 is 0.615 bits per heavy atom. The molecule has 4 aromatic carbocycles. The highest BCUT2D eigenvalue weighted by molar-refractivity contribution is 6.23. The third-order valence-corrected chi connectivity index (χ3v) is 5.45. The highest BCUT2D eigenvalue weighted by atomic mass is 16.2. The summed E-state index contributed by atoms with van der Waals surface area (Å²) in [6.07, 6.45) is 0. The Bertz CT molecular complexity index is 1270. The molecule has 0 aliphatic carbocycles. The van der Waals surface area contributed by atoms with E-state index in [4.69, 9.17) is 0 Å². The third kappa shape index (κ3) is 2.25. The quantitative estimate of drug-likeness (QED) is 0.319. The van der Waals surface area contributed by atoms with Gasteiger partial charge in [-0.25, -0.2) is 0 Å². The summed E-state index contributed by atoms with van der Waals surface area (Å²) in [5.74, 6) is 0. The maximum Gasteiger partial charge on any atom is 0.234 e. The van der Waals surface area contributed by atoms with Crippen LogP contribution < -0.4 is 10.9 Å². The summed E-state index contributed by atoms with van der Waals surface area (Å²) >= 11 is 0. The van der Waals surface area contributed by atoms with Crippen molar-refractivity contribution in [2.75, 3.05) is 0 Å². The van der Waals surface area contributed by atoms with E-state index in [0.717, 1.165) is 32.7 Å². The van der Waals surface area contributed by atoms with Crippen molar-refractivity contribution in [2.24, 2.45) is 0 Å². The van der Waals surface area contributed by atoms with Crippen LogP contribution in [0.4, 0.5) is 0 Å². The summed E-state index contributed by atoms with van der Waals surface area (Å²) in [5, 5.41) is 5.08. The van der Waals surface area contributed by atoms with E-state index in [1.165, 1.54) is 0 Å². The molecule has 0 bridgehead atoms. The van der Waals surface area contributed by atoms with Crippen LogP contribution in [-0.4, -0.2) is 0 Å². The van der Waals surface area contributed by atoms with Gasteiger partial charge in [0.15, 0.2) is 0 Å². The SMILES string of the molecule is CC(C)(C)c1cc2ccc3ccc(C(C)(C)C)c4c(=O)c(=O)c(c1)c2c34. The van der Waals surface area contributed by atoms with Gasteiger partial charge in [0.2, 0.25) is 10.9 Å². The molecule has 0 fully saturated rings. The molecule has 0 heterocycles. The minimum Gasteiger partial charge on any atom is -0.285 e. The molecule has 4 rings (SSSR count). The molecule has 26 heavy (non-hydrogen) atoms. The molecule has 0 spiro atoms. The third-order valence-electron chi connectivity index (χ3n) is 5.45. The van der Waals surface area contributed by atoms with Crippen molar-refractivity contribution in [3.05, 3.63) is 68.0 Å². The van der Waals surface area contributed by atoms with Gasteiger partial charge in [-0.3, -0.25) is 9.59 Å². The first-order valence-corrected chi connectivity index (χ1v) is 9.13. The van der Waals surface area contributed by atoms with E-state index in [1.807, 2.05) is 12.1 Å². The Kier molecular flexibility index (Phi) is 3.28. The normalized spacial score (nSPS) is 13.3. The van der Waals surface area contributed by atoms with Gasteiger partial charge in [0.1, 0.15) is 0 Å². The average Bonchev–Trinajstić information content (AvgIpc) is 2.55. The standard InChI is InChI=1S/C24H24O2/c1-23(2,3)15-11-14-8-7-13-9-10-17(24(4,5)6)20-19(13)18(14)16(12-15)21(25)22(20)26/h7-12H,1-6H3. The molecule has 0 aromatic heterocycles. The maximum atomic E-state index is 13.1. The lowest BCUT2D eigenvalue weighted by Gasteiger charge is -2.24. The van der Waals surface area contributed by atoms with Gasteiger partial charge in [0, 0.05) is 21.5 Å². The lowest BCUT2D eigenvalue weighted by Crippen LogP contribution is -2.27. The minimum atomic E-state index is -0.377. The fourth-order valence-electron chi connectivity index (χ4n) is 3.99. The van der Waals surface area contributed by atoms with Crippen LogP contribution >= 0.6 is 0 Å². The van der Waals surface area contributed by atoms with E-state index < -0.39 is 0 Å². The van der Waals surface area contributed by atoms with Crippen LogP contribution in [0.25, 0.3) is 32.3 Å². The molecule has 0 unspecified atom stereocenters. The van der Waals surface area contributed by atoms with Crippen LogP contribution in [0.5, 0.6) is 0 Å². The van der Waals surface area contributed by atoms with Crippen molar-refractivity contribution in [1.82, 2.24) is 0 Å². The van der Waals surface area contributed by atoms with Gasteiger partial charge in [-0.15, -0.1) is 0 Å². The second kappa shape index (κ2) is 5.03. The van der Waals surface area contributed by atoms with Crippen LogP contribution in [0, 0.1) is 0 Å². The topological polar surface area (TPSA) is 34.1 Å². The molecule has 0 saturated carbocycles. The minimum absolute atomic E-state index is 0.0868. The second-order valence-electron chi connectivity index (χ2n) is 9.43. The zero-order chi connectivity index (χ0) is 19.0. The van der Waals surface area contributed by atoms with Crippen LogP contribution in [0.15, 0.2) is 46.0 Å². The summed E-state index contributed by atoms with van der Waals surface area (Å²) in [6.45, 7) is 12.6. The van der Waals surface area contributed by atoms with E-state index in [-0.39, 0.29) is 21.7 Å². The smallest absolute Gasteiger partial charge is 0.234 e. The number of rotatable bonds is 0. The second-order valence-corrected chi connectivity index (χ2v) is 9.43. The number of hydrogen-bond acceptors (Lipinski definition) is 2. The van der Waals surface area contributed by atoms with Gasteiger partial charge in [-0.2, -0.15) is 0 Å². The van der Waals surface area contributed by atoms with E-state index in [2.05, 4.69) is 65.8 Å². The predicted octanol–water partition coefficient (Wildman–Crippen LogP) is 5.34. The van der Waals surface area contributed by atoms with Crippen LogP contribution in [0.3, 0.4) is 0 Å². The Hall–Kier alpha value is -2.48. The Morgan fingerprint density at radius 3 is 1.85 bits per heavy atom. The maximum absolute atomic E-state index is 13.1. The first kappa shape index (κ1) is 17.0. The first-order valence-electron chi connectivity index (χ1n) is 9.13. The fraction of sp³-hybridized carbons (Fsp3) is 0.333. The Morgan fingerprint density at radius 2 is 1.23 bits per heavy atom. The number of hydrogen-bond donors (Lipinski definition) is 0. The highest BCUT2D eigenvalue weighted by Crippen LogP contribution is 2.38. The number of benzene rings is 4. The van der Waals surface area contributed by atoms with Crippen molar-refractivity contribution in [2.45, 2.75) is 52.4 Å². The zero-order valence-electron chi connectivity index (χ0n) is 16.3. The van der Waals surface area contributed by atoms with Gasteiger partial charge in [-0.05, 0) is 38.8 Å². The van der Waals surface area contributed by atoms with Crippen LogP contribution in [0.1, 0.15) is 52.7 Å². The first-order chi connectivity index (χ1) is 12.0. The molecule has 0 amide bonds. The van der Waals surface area contributed by atoms with Crippen LogP contribution in [0.2, 0.25) is 0 Å². The molecular formula is C24H24O2. The molecule has 0 atom stereocenters. The monoisotopic (exact) mass is 344 g/mol. The molecule has 0 aliphatic heterocycles.